The van der Waals surface area contributed by atoms with Gasteiger partial charge in [0.05, 0.1) is 12.2 Å². The number of carbonyl (C=O) groups is 1. The summed E-state index contributed by atoms with van der Waals surface area (Å²) in [5, 5.41) is 5.83. The van der Waals surface area contributed by atoms with Gasteiger partial charge in [0.15, 0.2) is 9.84 Å². The number of benzene rings is 2. The SMILES string of the molecule is Cc1c(Cl)cccc1NC(=O)CNc1cccc(F)c1S(C)(=O)=O. The highest BCUT2D eigenvalue weighted by Gasteiger charge is 2.19. The van der Waals surface area contributed by atoms with Crippen LogP contribution in [0.5, 0.6) is 0 Å². The third-order valence-electron chi connectivity index (χ3n) is 3.32. The molecule has 24 heavy (non-hydrogen) atoms. The second-order valence-electron chi connectivity index (χ2n) is 5.20. The zero-order chi connectivity index (χ0) is 17.9. The van der Waals surface area contributed by atoms with Crippen LogP contribution in [0.15, 0.2) is 41.3 Å². The highest BCUT2D eigenvalue weighted by atomic mass is 35.5. The van der Waals surface area contributed by atoms with Crippen molar-refractivity contribution < 1.29 is 17.6 Å². The summed E-state index contributed by atoms with van der Waals surface area (Å²) in [4.78, 5) is 11.6. The van der Waals surface area contributed by atoms with Gasteiger partial charge < -0.3 is 10.6 Å². The number of carbonyl (C=O) groups excluding carboxylic acids is 1. The first kappa shape index (κ1) is 18.2. The zero-order valence-corrected chi connectivity index (χ0v) is 14.6. The summed E-state index contributed by atoms with van der Waals surface area (Å²) in [6, 6.07) is 8.92. The molecular formula is C16H16ClFN2O3S. The maximum Gasteiger partial charge on any atom is 0.243 e. The van der Waals surface area contributed by atoms with Crippen molar-refractivity contribution >= 4 is 38.7 Å². The van der Waals surface area contributed by atoms with Crippen molar-refractivity contribution in [1.82, 2.24) is 0 Å². The third-order valence-corrected chi connectivity index (χ3v) is 4.88. The molecule has 0 aliphatic carbocycles. The van der Waals surface area contributed by atoms with Gasteiger partial charge in [-0.3, -0.25) is 4.79 Å². The summed E-state index contributed by atoms with van der Waals surface area (Å²) in [7, 11) is -3.77. The van der Waals surface area contributed by atoms with Gasteiger partial charge in [-0.15, -0.1) is 0 Å². The molecule has 0 aromatic heterocycles. The summed E-state index contributed by atoms with van der Waals surface area (Å²) >= 11 is 5.98. The van der Waals surface area contributed by atoms with Crippen LogP contribution < -0.4 is 10.6 Å². The van der Waals surface area contributed by atoms with Gasteiger partial charge in [-0.05, 0) is 36.8 Å². The number of hydrogen-bond donors (Lipinski definition) is 2. The lowest BCUT2D eigenvalue weighted by Gasteiger charge is -2.13. The van der Waals surface area contributed by atoms with E-state index in [9.17, 15) is 17.6 Å². The number of hydrogen-bond acceptors (Lipinski definition) is 4. The van der Waals surface area contributed by atoms with E-state index >= 15 is 0 Å². The van der Waals surface area contributed by atoms with E-state index in [1.165, 1.54) is 12.1 Å². The van der Waals surface area contributed by atoms with Crippen LogP contribution in [0.3, 0.4) is 0 Å². The molecule has 1 amide bonds. The van der Waals surface area contributed by atoms with Crippen molar-refractivity contribution in [3.8, 4) is 0 Å². The molecule has 0 spiro atoms. The average molecular weight is 371 g/mol. The van der Waals surface area contributed by atoms with Gasteiger partial charge >= 0.3 is 0 Å². The van der Waals surface area contributed by atoms with Crippen molar-refractivity contribution in [2.75, 3.05) is 23.4 Å². The molecule has 0 aliphatic heterocycles. The Morgan fingerprint density at radius 2 is 1.79 bits per heavy atom. The number of sulfone groups is 1. The van der Waals surface area contributed by atoms with E-state index in [1.54, 1.807) is 25.1 Å². The van der Waals surface area contributed by atoms with Gasteiger partial charge in [0.25, 0.3) is 0 Å². The number of amides is 1. The molecule has 128 valence electrons. The standard InChI is InChI=1S/C16H16ClFN2O3S/c1-10-11(17)5-3-7-13(10)20-15(21)9-19-14-8-4-6-12(18)16(14)24(2,22)23/h3-8,19H,9H2,1-2H3,(H,20,21). The van der Waals surface area contributed by atoms with Gasteiger partial charge in [0, 0.05) is 17.0 Å². The second kappa shape index (κ2) is 7.19. The molecule has 0 radical (unpaired) electrons. The molecular weight excluding hydrogens is 355 g/mol. The average Bonchev–Trinajstić information content (AvgIpc) is 2.48. The lowest BCUT2D eigenvalue weighted by atomic mass is 10.2. The minimum atomic E-state index is -3.77. The monoisotopic (exact) mass is 370 g/mol. The van der Waals surface area contributed by atoms with E-state index < -0.39 is 26.5 Å². The number of anilines is 2. The molecule has 2 rings (SSSR count). The van der Waals surface area contributed by atoms with Gasteiger partial charge in [0.1, 0.15) is 10.7 Å². The Kier molecular flexibility index (Phi) is 5.46. The molecule has 0 heterocycles. The summed E-state index contributed by atoms with van der Waals surface area (Å²) in [5.74, 6) is -1.28. The smallest absolute Gasteiger partial charge is 0.243 e. The molecule has 0 saturated heterocycles. The topological polar surface area (TPSA) is 75.3 Å². The second-order valence-corrected chi connectivity index (χ2v) is 7.56. The maximum absolute atomic E-state index is 13.8. The molecule has 2 aromatic carbocycles. The van der Waals surface area contributed by atoms with Crippen LogP contribution in [0, 0.1) is 12.7 Å². The van der Waals surface area contributed by atoms with E-state index in [0.29, 0.717) is 10.7 Å². The third kappa shape index (κ3) is 4.24. The zero-order valence-electron chi connectivity index (χ0n) is 13.1. The molecule has 0 aliphatic rings. The minimum Gasteiger partial charge on any atom is -0.375 e. The number of nitrogens with one attached hydrogen (secondary N) is 2. The molecule has 2 aromatic rings. The normalized spacial score (nSPS) is 11.2. The van der Waals surface area contributed by atoms with Crippen LogP contribution in [-0.4, -0.2) is 27.1 Å². The minimum absolute atomic E-state index is 0.0375. The quantitative estimate of drug-likeness (QED) is 0.847. The first-order valence-electron chi connectivity index (χ1n) is 6.97. The van der Waals surface area contributed by atoms with Crippen molar-refractivity contribution in [1.29, 1.82) is 0 Å². The van der Waals surface area contributed by atoms with E-state index in [-0.39, 0.29) is 12.2 Å². The summed E-state index contributed by atoms with van der Waals surface area (Å²) in [6.45, 7) is 1.54. The van der Waals surface area contributed by atoms with E-state index in [4.69, 9.17) is 11.6 Å². The van der Waals surface area contributed by atoms with E-state index in [0.717, 1.165) is 17.9 Å². The maximum atomic E-state index is 13.8. The fourth-order valence-corrected chi connectivity index (χ4v) is 3.27. The largest absolute Gasteiger partial charge is 0.375 e. The molecule has 2 N–H and O–H groups in total. The van der Waals surface area contributed by atoms with Gasteiger partial charge in [-0.25, -0.2) is 12.8 Å². The Morgan fingerprint density at radius 3 is 2.46 bits per heavy atom. The number of rotatable bonds is 5. The first-order valence-corrected chi connectivity index (χ1v) is 9.24. The van der Waals surface area contributed by atoms with Crippen LogP contribution >= 0.6 is 11.6 Å². The Labute approximate surface area is 144 Å². The van der Waals surface area contributed by atoms with Crippen molar-refractivity contribution in [2.45, 2.75) is 11.8 Å². The Morgan fingerprint density at radius 1 is 1.17 bits per heavy atom. The van der Waals surface area contributed by atoms with Gasteiger partial charge in [0.2, 0.25) is 5.91 Å². The first-order chi connectivity index (χ1) is 11.2. The highest BCUT2D eigenvalue weighted by Crippen LogP contribution is 2.25. The van der Waals surface area contributed by atoms with E-state index in [1.807, 2.05) is 0 Å². The Hall–Kier alpha value is -2.12. The van der Waals surface area contributed by atoms with Crippen LogP contribution in [0.25, 0.3) is 0 Å². The predicted octanol–water partition coefficient (Wildman–Crippen LogP) is 3.24. The molecule has 0 unspecified atom stereocenters. The lowest BCUT2D eigenvalue weighted by Crippen LogP contribution is -2.23. The fraction of sp³-hybridized carbons (Fsp3) is 0.188. The molecule has 5 nitrogen and oxygen atoms in total. The van der Waals surface area contributed by atoms with Crippen LogP contribution in [-0.2, 0) is 14.6 Å². The summed E-state index contributed by atoms with van der Waals surface area (Å²) in [6.07, 6.45) is 0.909. The molecule has 0 saturated carbocycles. The molecule has 0 bridgehead atoms. The number of halogens is 2. The molecule has 0 fully saturated rings. The fourth-order valence-electron chi connectivity index (χ4n) is 2.14. The van der Waals surface area contributed by atoms with Gasteiger partial charge in [-0.2, -0.15) is 0 Å². The van der Waals surface area contributed by atoms with E-state index in [2.05, 4.69) is 10.6 Å². The molecule has 8 heteroatoms. The Bertz CT molecular complexity index is 885. The van der Waals surface area contributed by atoms with Crippen molar-refractivity contribution in [3.63, 3.8) is 0 Å². The van der Waals surface area contributed by atoms with Crippen LogP contribution in [0.1, 0.15) is 5.56 Å². The molecule has 0 atom stereocenters. The van der Waals surface area contributed by atoms with Crippen molar-refractivity contribution in [2.24, 2.45) is 0 Å². The lowest BCUT2D eigenvalue weighted by molar-refractivity contribution is -0.114. The Balaban J connectivity index is 2.13. The highest BCUT2D eigenvalue weighted by molar-refractivity contribution is 7.90. The van der Waals surface area contributed by atoms with Crippen molar-refractivity contribution in [3.05, 3.63) is 52.8 Å². The van der Waals surface area contributed by atoms with Gasteiger partial charge in [-0.1, -0.05) is 23.7 Å². The predicted molar refractivity (Wildman–Crippen MR) is 92.8 cm³/mol. The van der Waals surface area contributed by atoms with Crippen LogP contribution in [0.2, 0.25) is 5.02 Å². The summed E-state index contributed by atoms with van der Waals surface area (Å²) < 4.78 is 37.2. The van der Waals surface area contributed by atoms with Crippen LogP contribution in [0.4, 0.5) is 15.8 Å². The summed E-state index contributed by atoms with van der Waals surface area (Å²) in [5.41, 5.74) is 1.31.